The van der Waals surface area contributed by atoms with E-state index in [1.54, 1.807) is 19.5 Å². The Balaban J connectivity index is 2.38. The van der Waals surface area contributed by atoms with Crippen molar-refractivity contribution >= 4 is 11.8 Å². The maximum Gasteiger partial charge on any atom is 0.239 e. The van der Waals surface area contributed by atoms with Crippen molar-refractivity contribution < 1.29 is 14.3 Å². The Kier molecular flexibility index (Phi) is 6.52. The second kappa shape index (κ2) is 8.20. The molecule has 2 amide bonds. The van der Waals surface area contributed by atoms with Gasteiger partial charge in [0, 0.05) is 39.5 Å². The smallest absolute Gasteiger partial charge is 0.239 e. The summed E-state index contributed by atoms with van der Waals surface area (Å²) < 4.78 is 4.90. The molecule has 0 saturated heterocycles. The van der Waals surface area contributed by atoms with E-state index in [-0.39, 0.29) is 18.4 Å². The highest BCUT2D eigenvalue weighted by atomic mass is 16.5. The summed E-state index contributed by atoms with van der Waals surface area (Å²) in [5, 5.41) is 2.75. The molecule has 0 aliphatic heterocycles. The average Bonchev–Trinajstić information content (AvgIpc) is 2.42. The van der Waals surface area contributed by atoms with Crippen LogP contribution in [-0.2, 0) is 20.9 Å². The molecular weight excluding hydrogens is 246 g/mol. The molecule has 0 atom stereocenters. The molecule has 104 valence electrons. The summed E-state index contributed by atoms with van der Waals surface area (Å²) in [6.45, 7) is 2.70. The third kappa shape index (κ3) is 5.96. The molecule has 0 unspecified atom stereocenters. The number of hydrogen-bond acceptors (Lipinski definition) is 4. The Morgan fingerprint density at radius 3 is 2.84 bits per heavy atom. The highest BCUT2D eigenvalue weighted by Crippen LogP contribution is 1.95. The van der Waals surface area contributed by atoms with Crippen molar-refractivity contribution in [2.45, 2.75) is 13.5 Å². The van der Waals surface area contributed by atoms with Gasteiger partial charge in [-0.3, -0.25) is 14.6 Å². The Labute approximate surface area is 112 Å². The Morgan fingerprint density at radius 1 is 1.47 bits per heavy atom. The van der Waals surface area contributed by atoms with E-state index in [0.717, 1.165) is 5.56 Å². The van der Waals surface area contributed by atoms with Gasteiger partial charge in [-0.15, -0.1) is 0 Å². The fourth-order valence-electron chi connectivity index (χ4n) is 1.48. The minimum atomic E-state index is -0.199. The highest BCUT2D eigenvalue weighted by Gasteiger charge is 2.12. The van der Waals surface area contributed by atoms with Gasteiger partial charge in [0.05, 0.1) is 13.2 Å². The van der Waals surface area contributed by atoms with E-state index in [0.29, 0.717) is 19.7 Å². The van der Waals surface area contributed by atoms with Gasteiger partial charge in [0.1, 0.15) is 0 Å². The largest absolute Gasteiger partial charge is 0.383 e. The third-order valence-electron chi connectivity index (χ3n) is 2.56. The summed E-state index contributed by atoms with van der Waals surface area (Å²) in [6, 6.07) is 3.68. The molecule has 0 aliphatic rings. The van der Waals surface area contributed by atoms with Gasteiger partial charge in [-0.05, 0) is 11.6 Å². The van der Waals surface area contributed by atoms with E-state index >= 15 is 0 Å². The number of rotatable bonds is 7. The standard InChI is InChI=1S/C13H19N3O3/c1-11(17)16(6-7-19-2)10-13(18)15-9-12-4-3-5-14-8-12/h3-5,8H,6-7,9-10H2,1-2H3,(H,15,18). The minimum Gasteiger partial charge on any atom is -0.383 e. The van der Waals surface area contributed by atoms with Crippen LogP contribution in [-0.4, -0.2) is 48.5 Å². The molecule has 1 rings (SSSR count). The third-order valence-corrected chi connectivity index (χ3v) is 2.56. The van der Waals surface area contributed by atoms with Crippen LogP contribution in [0.3, 0.4) is 0 Å². The molecule has 0 aromatic carbocycles. The first-order valence-corrected chi connectivity index (χ1v) is 6.03. The first-order valence-electron chi connectivity index (χ1n) is 6.03. The van der Waals surface area contributed by atoms with Crippen molar-refractivity contribution in [3.8, 4) is 0 Å². The maximum atomic E-state index is 11.7. The topological polar surface area (TPSA) is 71.5 Å². The average molecular weight is 265 g/mol. The van der Waals surface area contributed by atoms with Crippen LogP contribution < -0.4 is 5.32 Å². The Morgan fingerprint density at radius 2 is 2.26 bits per heavy atom. The molecule has 1 aromatic heterocycles. The maximum absolute atomic E-state index is 11.7. The summed E-state index contributed by atoms with van der Waals surface area (Å²) in [6.07, 6.45) is 3.36. The lowest BCUT2D eigenvalue weighted by Gasteiger charge is -2.19. The number of hydrogen-bond donors (Lipinski definition) is 1. The van der Waals surface area contributed by atoms with Crippen molar-refractivity contribution in [3.63, 3.8) is 0 Å². The fraction of sp³-hybridized carbons (Fsp3) is 0.462. The summed E-state index contributed by atoms with van der Waals surface area (Å²) in [5.41, 5.74) is 0.919. The van der Waals surface area contributed by atoms with Crippen molar-refractivity contribution in [1.29, 1.82) is 0 Å². The van der Waals surface area contributed by atoms with E-state index in [1.165, 1.54) is 11.8 Å². The zero-order valence-corrected chi connectivity index (χ0v) is 11.3. The summed E-state index contributed by atoms with van der Waals surface area (Å²) >= 11 is 0. The van der Waals surface area contributed by atoms with Gasteiger partial charge in [-0.1, -0.05) is 6.07 Å². The minimum absolute atomic E-state index is 0.0406. The zero-order valence-electron chi connectivity index (χ0n) is 11.3. The molecule has 6 nitrogen and oxygen atoms in total. The molecule has 0 fully saturated rings. The van der Waals surface area contributed by atoms with Crippen molar-refractivity contribution in [2.75, 3.05) is 26.8 Å². The molecule has 0 radical (unpaired) electrons. The number of ether oxygens (including phenoxy) is 1. The van der Waals surface area contributed by atoms with Gasteiger partial charge >= 0.3 is 0 Å². The lowest BCUT2D eigenvalue weighted by molar-refractivity contribution is -0.135. The molecule has 0 aliphatic carbocycles. The number of methoxy groups -OCH3 is 1. The van der Waals surface area contributed by atoms with Crippen LogP contribution >= 0.6 is 0 Å². The lowest BCUT2D eigenvalue weighted by Crippen LogP contribution is -2.41. The first kappa shape index (κ1) is 15.1. The number of carbonyl (C=O) groups excluding carboxylic acids is 2. The number of pyridine rings is 1. The van der Waals surface area contributed by atoms with Gasteiger partial charge in [-0.25, -0.2) is 0 Å². The van der Waals surface area contributed by atoms with Gasteiger partial charge in [0.15, 0.2) is 0 Å². The van der Waals surface area contributed by atoms with Crippen LogP contribution in [0.5, 0.6) is 0 Å². The summed E-state index contributed by atoms with van der Waals surface area (Å²) in [7, 11) is 1.56. The summed E-state index contributed by atoms with van der Waals surface area (Å²) in [4.78, 5) is 28.5. The fourth-order valence-corrected chi connectivity index (χ4v) is 1.48. The van der Waals surface area contributed by atoms with Crippen molar-refractivity contribution in [1.82, 2.24) is 15.2 Å². The van der Waals surface area contributed by atoms with Crippen LogP contribution in [0.25, 0.3) is 0 Å². The molecule has 0 saturated carbocycles. The van der Waals surface area contributed by atoms with Crippen molar-refractivity contribution in [2.24, 2.45) is 0 Å². The molecule has 1 aromatic rings. The molecule has 0 spiro atoms. The SMILES string of the molecule is COCCN(CC(=O)NCc1cccnc1)C(C)=O. The lowest BCUT2D eigenvalue weighted by atomic mass is 10.3. The van der Waals surface area contributed by atoms with Gasteiger partial charge in [-0.2, -0.15) is 0 Å². The number of nitrogens with zero attached hydrogens (tertiary/aromatic N) is 2. The van der Waals surface area contributed by atoms with Gasteiger partial charge < -0.3 is 15.0 Å². The predicted molar refractivity (Wildman–Crippen MR) is 70.2 cm³/mol. The Hall–Kier alpha value is -1.95. The first-order chi connectivity index (χ1) is 9.13. The van der Waals surface area contributed by atoms with Crippen LogP contribution in [0.15, 0.2) is 24.5 Å². The number of amides is 2. The number of nitrogens with one attached hydrogen (secondary N) is 1. The van der Waals surface area contributed by atoms with E-state index < -0.39 is 0 Å². The van der Waals surface area contributed by atoms with Crippen LogP contribution in [0.2, 0.25) is 0 Å². The highest BCUT2D eigenvalue weighted by molar-refractivity contribution is 5.83. The molecular formula is C13H19N3O3. The summed E-state index contributed by atoms with van der Waals surface area (Å²) in [5.74, 6) is -0.344. The number of aromatic nitrogens is 1. The van der Waals surface area contributed by atoms with Gasteiger partial charge in [0.2, 0.25) is 11.8 Å². The van der Waals surface area contributed by atoms with Crippen LogP contribution in [0.1, 0.15) is 12.5 Å². The second-order valence-electron chi connectivity index (χ2n) is 4.07. The molecule has 1 heterocycles. The Bertz CT molecular complexity index is 409. The quantitative estimate of drug-likeness (QED) is 0.764. The van der Waals surface area contributed by atoms with Crippen molar-refractivity contribution in [3.05, 3.63) is 30.1 Å². The van der Waals surface area contributed by atoms with E-state index in [9.17, 15) is 9.59 Å². The van der Waals surface area contributed by atoms with Gasteiger partial charge in [0.25, 0.3) is 0 Å². The molecule has 19 heavy (non-hydrogen) atoms. The zero-order chi connectivity index (χ0) is 14.1. The predicted octanol–water partition coefficient (Wildman–Crippen LogP) is 0.193. The molecule has 0 bridgehead atoms. The van der Waals surface area contributed by atoms with E-state index in [2.05, 4.69) is 10.3 Å². The van der Waals surface area contributed by atoms with Crippen LogP contribution in [0.4, 0.5) is 0 Å². The second-order valence-corrected chi connectivity index (χ2v) is 4.07. The molecule has 1 N–H and O–H groups in total. The monoisotopic (exact) mass is 265 g/mol. The number of carbonyl (C=O) groups is 2. The van der Waals surface area contributed by atoms with Crippen LogP contribution in [0, 0.1) is 0 Å². The molecule has 6 heteroatoms. The van der Waals surface area contributed by atoms with E-state index in [1.807, 2.05) is 12.1 Å². The normalized spacial score (nSPS) is 10.0. The van der Waals surface area contributed by atoms with E-state index in [4.69, 9.17) is 4.74 Å².